The second-order valence-electron chi connectivity index (χ2n) is 19.0. The molecule has 0 aliphatic carbocycles. The molecule has 15 rings (SSSR count). The lowest BCUT2D eigenvalue weighted by Gasteiger charge is -2.29. The molecule has 7 heteroatoms. The van der Waals surface area contributed by atoms with Crippen LogP contribution in [0, 0.1) is 17.9 Å². The summed E-state index contributed by atoms with van der Waals surface area (Å²) in [4.78, 5) is 6.69. The number of benzene rings is 11. The average molecular weight is 990 g/mol. The van der Waals surface area contributed by atoms with Gasteiger partial charge in [0.15, 0.2) is 0 Å². The molecule has 0 unspecified atom stereocenters. The van der Waals surface area contributed by atoms with Gasteiger partial charge in [-0.25, -0.2) is 4.85 Å². The SMILES string of the molecule is [C-]#[N+]c1c(-n2c3ccccc3c3ccccc32)cc(N(c2ccccc2)c2ccccc2)c(C#N)c1-n1c2ccc(-c3ccc4sc5ccccc5c4c3)cc2c2cc(-c3ccc4sc5ccccc5c4c3)ccc21. The van der Waals surface area contributed by atoms with Crippen LogP contribution in [0.5, 0.6) is 0 Å². The number of anilines is 3. The molecule has 0 spiro atoms. The molecule has 75 heavy (non-hydrogen) atoms. The Hall–Kier alpha value is -9.76. The fourth-order valence-corrected chi connectivity index (χ4v) is 13.8. The highest BCUT2D eigenvalue weighted by Gasteiger charge is 2.30. The van der Waals surface area contributed by atoms with E-state index >= 15 is 0 Å². The monoisotopic (exact) mass is 989 g/mol. The first-order valence-corrected chi connectivity index (χ1v) is 26.5. The lowest BCUT2D eigenvalue weighted by Crippen LogP contribution is -2.14. The van der Waals surface area contributed by atoms with Crippen molar-refractivity contribution >= 4 is 129 Å². The normalized spacial score (nSPS) is 11.7. The van der Waals surface area contributed by atoms with Crippen LogP contribution in [0.15, 0.2) is 237 Å². The van der Waals surface area contributed by atoms with Crippen LogP contribution in [-0.4, -0.2) is 9.13 Å². The maximum atomic E-state index is 11.9. The lowest BCUT2D eigenvalue weighted by molar-refractivity contribution is 1.12. The third-order valence-electron chi connectivity index (χ3n) is 15.0. The van der Waals surface area contributed by atoms with Crippen molar-refractivity contribution in [3.63, 3.8) is 0 Å². The number of fused-ring (bicyclic) bond motifs is 12. The minimum absolute atomic E-state index is 0.374. The van der Waals surface area contributed by atoms with E-state index in [1.54, 1.807) is 0 Å². The first-order chi connectivity index (χ1) is 37.1. The molecular weight excluding hydrogens is 951 g/mol. The molecule has 0 bridgehead atoms. The van der Waals surface area contributed by atoms with Gasteiger partial charge < -0.3 is 14.0 Å². The van der Waals surface area contributed by atoms with Gasteiger partial charge in [-0.1, -0.05) is 133 Å². The van der Waals surface area contributed by atoms with Gasteiger partial charge in [-0.05, 0) is 125 Å². The van der Waals surface area contributed by atoms with Gasteiger partial charge in [-0.15, -0.1) is 22.7 Å². The fourth-order valence-electron chi connectivity index (χ4n) is 11.6. The summed E-state index contributed by atoms with van der Waals surface area (Å²) in [7, 11) is 0. The second-order valence-corrected chi connectivity index (χ2v) is 21.2. The Morgan fingerprint density at radius 1 is 0.387 bits per heavy atom. The van der Waals surface area contributed by atoms with Gasteiger partial charge in [-0.2, -0.15) is 5.26 Å². The number of hydrogen-bond acceptors (Lipinski definition) is 4. The van der Waals surface area contributed by atoms with Gasteiger partial charge >= 0.3 is 0 Å². The zero-order valence-electron chi connectivity index (χ0n) is 40.1. The molecule has 0 saturated carbocycles. The second kappa shape index (κ2) is 16.9. The van der Waals surface area contributed by atoms with E-state index in [9.17, 15) is 11.8 Å². The van der Waals surface area contributed by atoms with Crippen molar-refractivity contribution in [1.29, 1.82) is 5.26 Å². The van der Waals surface area contributed by atoms with E-state index in [4.69, 9.17) is 0 Å². The van der Waals surface area contributed by atoms with Crippen molar-refractivity contribution in [3.8, 4) is 39.7 Å². The average Bonchev–Trinajstić information content (AvgIpc) is 4.25. The highest BCUT2D eigenvalue weighted by molar-refractivity contribution is 7.26. The molecule has 348 valence electrons. The molecule has 0 fully saturated rings. The quantitative estimate of drug-likeness (QED) is 0.149. The van der Waals surface area contributed by atoms with Crippen molar-refractivity contribution in [2.75, 3.05) is 4.90 Å². The van der Waals surface area contributed by atoms with Crippen LogP contribution >= 0.6 is 22.7 Å². The van der Waals surface area contributed by atoms with Crippen molar-refractivity contribution in [2.45, 2.75) is 0 Å². The third kappa shape index (κ3) is 6.60. The molecule has 4 aromatic heterocycles. The summed E-state index contributed by atoms with van der Waals surface area (Å²) in [6.45, 7) is 9.33. The fraction of sp³-hybridized carbons (Fsp3) is 0. The van der Waals surface area contributed by atoms with Gasteiger partial charge in [0.05, 0.1) is 51.3 Å². The van der Waals surface area contributed by atoms with Crippen LogP contribution in [0.2, 0.25) is 0 Å². The van der Waals surface area contributed by atoms with Crippen LogP contribution < -0.4 is 4.90 Å². The summed E-state index contributed by atoms with van der Waals surface area (Å²) >= 11 is 3.64. The third-order valence-corrected chi connectivity index (χ3v) is 17.3. The van der Waals surface area contributed by atoms with Crippen molar-refractivity contribution in [3.05, 3.63) is 254 Å². The zero-order chi connectivity index (χ0) is 49.7. The molecule has 0 amide bonds. The van der Waals surface area contributed by atoms with Crippen LogP contribution in [0.1, 0.15) is 5.56 Å². The smallest absolute Gasteiger partial charge is 0.235 e. The number of thiophene rings is 2. The molecule has 4 heterocycles. The van der Waals surface area contributed by atoms with Gasteiger partial charge in [0.2, 0.25) is 5.69 Å². The van der Waals surface area contributed by atoms with E-state index in [0.717, 1.165) is 77.2 Å². The number of nitrogens with zero attached hydrogens (tertiary/aromatic N) is 5. The maximum absolute atomic E-state index is 11.9. The summed E-state index contributed by atoms with van der Waals surface area (Å²) in [6.07, 6.45) is 0. The molecular formula is C68H39N5S2. The minimum Gasteiger partial charge on any atom is -0.319 e. The van der Waals surface area contributed by atoms with E-state index in [2.05, 4.69) is 225 Å². The molecule has 15 aromatic rings. The molecule has 0 atom stereocenters. The molecule has 0 aliphatic heterocycles. The van der Waals surface area contributed by atoms with Gasteiger partial charge in [0, 0.05) is 73.3 Å². The molecule has 11 aromatic carbocycles. The lowest BCUT2D eigenvalue weighted by atomic mass is 9.98. The van der Waals surface area contributed by atoms with E-state index in [1.807, 2.05) is 59.1 Å². The summed E-state index contributed by atoms with van der Waals surface area (Å²) < 4.78 is 9.48. The van der Waals surface area contributed by atoms with E-state index in [0.29, 0.717) is 28.3 Å². The Labute approximate surface area is 439 Å². The van der Waals surface area contributed by atoms with E-state index in [-0.39, 0.29) is 0 Å². The van der Waals surface area contributed by atoms with Crippen molar-refractivity contribution in [2.24, 2.45) is 0 Å². The van der Waals surface area contributed by atoms with Gasteiger partial charge in [0.1, 0.15) is 6.07 Å². The van der Waals surface area contributed by atoms with Crippen molar-refractivity contribution in [1.82, 2.24) is 9.13 Å². The molecule has 0 saturated heterocycles. The van der Waals surface area contributed by atoms with Crippen molar-refractivity contribution < 1.29 is 0 Å². The number of nitriles is 1. The van der Waals surface area contributed by atoms with E-state index < -0.39 is 0 Å². The largest absolute Gasteiger partial charge is 0.319 e. The van der Waals surface area contributed by atoms with Crippen LogP contribution in [0.3, 0.4) is 0 Å². The highest BCUT2D eigenvalue weighted by atomic mass is 32.1. The van der Waals surface area contributed by atoms with Gasteiger partial charge in [-0.3, -0.25) is 0 Å². The summed E-state index contributed by atoms with van der Waals surface area (Å²) in [6, 6.07) is 86.3. The summed E-state index contributed by atoms with van der Waals surface area (Å²) in [5.74, 6) is 0. The molecule has 0 aliphatic rings. The minimum atomic E-state index is 0.374. The first-order valence-electron chi connectivity index (χ1n) is 24.9. The molecule has 0 N–H and O–H groups in total. The van der Waals surface area contributed by atoms with Crippen LogP contribution in [0.4, 0.5) is 22.7 Å². The number of hydrogen-bond donors (Lipinski definition) is 0. The number of aromatic nitrogens is 2. The summed E-state index contributed by atoms with van der Waals surface area (Å²) in [5, 5.41) is 21.1. The summed E-state index contributed by atoms with van der Waals surface area (Å²) in [5.41, 5.74) is 12.5. The maximum Gasteiger partial charge on any atom is 0.235 e. The first kappa shape index (κ1) is 42.9. The number of rotatable bonds is 7. The Bertz CT molecular complexity index is 4660. The zero-order valence-corrected chi connectivity index (χ0v) is 41.7. The highest BCUT2D eigenvalue weighted by Crippen LogP contribution is 2.50. The molecule has 5 nitrogen and oxygen atoms in total. The standard InChI is InChI=1S/C68H39N5S2/c1-70-67-62(72-57-24-12-8-20-48(57)49-21-9-13-25-58(49)72)40-61(71(46-16-4-2-5-17-46)47-18-6-3-7-19-47)56(41-69)68(67)73-59-32-28-42(44-30-34-65-54(38-44)50-22-10-14-26-63(50)74-65)36-52(59)53-37-43(29-33-60(53)73)45-31-35-66-55(39-45)51-23-11-15-27-64(51)75-66/h2-40H. The Morgan fingerprint density at radius 3 is 1.27 bits per heavy atom. The molecule has 0 radical (unpaired) electrons. The predicted molar refractivity (Wildman–Crippen MR) is 317 cm³/mol. The van der Waals surface area contributed by atoms with Gasteiger partial charge in [0.25, 0.3) is 0 Å². The van der Waals surface area contributed by atoms with E-state index in [1.165, 1.54) is 40.3 Å². The van der Waals surface area contributed by atoms with Crippen LogP contribution in [0.25, 0.3) is 122 Å². The number of para-hydroxylation sites is 4. The Morgan fingerprint density at radius 2 is 0.787 bits per heavy atom. The Balaban J connectivity index is 1.06. The topological polar surface area (TPSA) is 41.2 Å². The predicted octanol–water partition coefficient (Wildman–Crippen LogP) is 19.8. The van der Waals surface area contributed by atoms with Crippen LogP contribution in [-0.2, 0) is 0 Å². The Kier molecular flexibility index (Phi) is 9.67.